The van der Waals surface area contributed by atoms with Gasteiger partial charge in [-0.1, -0.05) is 45.0 Å². The van der Waals surface area contributed by atoms with Gasteiger partial charge >= 0.3 is 0 Å². The summed E-state index contributed by atoms with van der Waals surface area (Å²) in [7, 11) is 0. The first-order valence-corrected chi connectivity index (χ1v) is 5.75. The molecular formula is C14H20O. The first-order chi connectivity index (χ1) is 6.97. The summed E-state index contributed by atoms with van der Waals surface area (Å²) in [5, 5.41) is 9.26. The minimum atomic E-state index is -0.0581. The molecule has 0 amide bonds. The van der Waals surface area contributed by atoms with Crippen LogP contribution in [0.25, 0.3) is 0 Å². The van der Waals surface area contributed by atoms with E-state index in [1.54, 1.807) is 0 Å². The predicted octanol–water partition coefficient (Wildman–Crippen LogP) is 3.22. The Kier molecular flexibility index (Phi) is 2.59. The lowest BCUT2D eigenvalue weighted by Crippen LogP contribution is -2.26. The van der Waals surface area contributed by atoms with Crippen LogP contribution in [0.4, 0.5) is 0 Å². The molecule has 0 spiro atoms. The average Bonchev–Trinajstić information content (AvgIpc) is 2.12. The van der Waals surface area contributed by atoms with Gasteiger partial charge in [-0.05, 0) is 35.3 Å². The van der Waals surface area contributed by atoms with E-state index in [4.69, 9.17) is 0 Å². The summed E-state index contributed by atoms with van der Waals surface area (Å²) in [6.45, 7) is 6.69. The van der Waals surface area contributed by atoms with E-state index in [9.17, 15) is 5.11 Å². The molecule has 1 fully saturated rings. The molecule has 0 radical (unpaired) electrons. The third-order valence-corrected chi connectivity index (χ3v) is 3.36. The Morgan fingerprint density at radius 3 is 2.00 bits per heavy atom. The topological polar surface area (TPSA) is 20.2 Å². The maximum absolute atomic E-state index is 9.26. The number of hydrogen-bond donors (Lipinski definition) is 1. The van der Waals surface area contributed by atoms with E-state index in [1.807, 2.05) is 0 Å². The summed E-state index contributed by atoms with van der Waals surface area (Å²) >= 11 is 0. The quantitative estimate of drug-likeness (QED) is 0.744. The lowest BCUT2D eigenvalue weighted by Gasteiger charge is -2.32. The van der Waals surface area contributed by atoms with Gasteiger partial charge in [0.2, 0.25) is 0 Å². The summed E-state index contributed by atoms with van der Waals surface area (Å²) in [6.07, 6.45) is 1.82. The Balaban J connectivity index is 2.11. The molecule has 0 bridgehead atoms. The van der Waals surface area contributed by atoms with Gasteiger partial charge in [-0.25, -0.2) is 0 Å². The highest BCUT2D eigenvalue weighted by Crippen LogP contribution is 2.37. The molecule has 82 valence electrons. The molecule has 1 aromatic carbocycles. The third kappa shape index (κ3) is 2.23. The smallest absolute Gasteiger partial charge is 0.0552 e. The zero-order valence-corrected chi connectivity index (χ0v) is 9.83. The van der Waals surface area contributed by atoms with Crippen molar-refractivity contribution in [3.05, 3.63) is 35.4 Å². The summed E-state index contributed by atoms with van der Waals surface area (Å²) < 4.78 is 0. The molecule has 0 aromatic heterocycles. The summed E-state index contributed by atoms with van der Waals surface area (Å²) in [5.74, 6) is 0.592. The molecule has 0 saturated heterocycles. The molecule has 0 aliphatic heterocycles. The second kappa shape index (κ2) is 3.64. The second-order valence-corrected chi connectivity index (χ2v) is 5.69. The first-order valence-electron chi connectivity index (χ1n) is 5.75. The van der Waals surface area contributed by atoms with E-state index in [1.165, 1.54) is 11.1 Å². The predicted molar refractivity (Wildman–Crippen MR) is 63.1 cm³/mol. The first kappa shape index (κ1) is 10.7. The highest BCUT2D eigenvalue weighted by molar-refractivity contribution is 5.30. The molecule has 2 rings (SSSR count). The molecule has 1 saturated carbocycles. The number of hydrogen-bond acceptors (Lipinski definition) is 1. The zero-order valence-electron chi connectivity index (χ0n) is 9.83. The maximum atomic E-state index is 9.26. The largest absolute Gasteiger partial charge is 0.393 e. The van der Waals surface area contributed by atoms with E-state index >= 15 is 0 Å². The Morgan fingerprint density at radius 2 is 1.60 bits per heavy atom. The molecule has 1 N–H and O–H groups in total. The third-order valence-electron chi connectivity index (χ3n) is 3.36. The lowest BCUT2D eigenvalue weighted by molar-refractivity contribution is 0.0746. The molecule has 0 atom stereocenters. The van der Waals surface area contributed by atoms with Crippen LogP contribution >= 0.6 is 0 Å². The lowest BCUT2D eigenvalue weighted by atomic mass is 9.76. The van der Waals surface area contributed by atoms with Crippen LogP contribution in [0.3, 0.4) is 0 Å². The molecule has 15 heavy (non-hydrogen) atoms. The van der Waals surface area contributed by atoms with Crippen LogP contribution in [0, 0.1) is 0 Å². The van der Waals surface area contributed by atoms with Gasteiger partial charge in [0.25, 0.3) is 0 Å². The van der Waals surface area contributed by atoms with Crippen LogP contribution in [0.2, 0.25) is 0 Å². The maximum Gasteiger partial charge on any atom is 0.0552 e. The molecular weight excluding hydrogens is 184 g/mol. The standard InChI is InChI=1S/C14H20O/c1-14(2,3)12-6-4-10(5-7-12)11-8-13(15)9-11/h4-7,11,13,15H,8-9H2,1-3H3. The van der Waals surface area contributed by atoms with Crippen LogP contribution in [0.5, 0.6) is 0 Å². The molecule has 1 aliphatic carbocycles. The van der Waals surface area contributed by atoms with Crippen LogP contribution in [-0.2, 0) is 5.41 Å². The molecule has 1 aliphatic rings. The van der Waals surface area contributed by atoms with Gasteiger partial charge in [0.15, 0.2) is 0 Å². The van der Waals surface area contributed by atoms with Gasteiger partial charge < -0.3 is 5.11 Å². The van der Waals surface area contributed by atoms with Gasteiger partial charge in [0.05, 0.1) is 6.10 Å². The monoisotopic (exact) mass is 204 g/mol. The van der Waals surface area contributed by atoms with E-state index in [0.29, 0.717) is 5.92 Å². The molecule has 1 heteroatoms. The summed E-state index contributed by atoms with van der Waals surface area (Å²) in [6, 6.07) is 8.88. The van der Waals surface area contributed by atoms with E-state index in [2.05, 4.69) is 45.0 Å². The van der Waals surface area contributed by atoms with E-state index in [0.717, 1.165) is 12.8 Å². The zero-order chi connectivity index (χ0) is 11.1. The Bertz CT molecular complexity index is 325. The van der Waals surface area contributed by atoms with Crippen molar-refractivity contribution in [3.8, 4) is 0 Å². The molecule has 0 heterocycles. The van der Waals surface area contributed by atoms with Gasteiger partial charge in [0, 0.05) is 0 Å². The van der Waals surface area contributed by atoms with Crippen LogP contribution in [0.1, 0.15) is 50.7 Å². The molecule has 0 unspecified atom stereocenters. The normalized spacial score (nSPS) is 26.1. The number of rotatable bonds is 1. The van der Waals surface area contributed by atoms with E-state index in [-0.39, 0.29) is 11.5 Å². The second-order valence-electron chi connectivity index (χ2n) is 5.69. The Hall–Kier alpha value is -0.820. The van der Waals surface area contributed by atoms with Gasteiger partial charge in [-0.2, -0.15) is 0 Å². The highest BCUT2D eigenvalue weighted by Gasteiger charge is 2.28. The number of aliphatic hydroxyl groups excluding tert-OH is 1. The highest BCUT2D eigenvalue weighted by atomic mass is 16.3. The number of aliphatic hydroxyl groups is 1. The minimum absolute atomic E-state index is 0.0581. The summed E-state index contributed by atoms with van der Waals surface area (Å²) in [4.78, 5) is 0. The Morgan fingerprint density at radius 1 is 1.07 bits per heavy atom. The van der Waals surface area contributed by atoms with Crippen molar-refractivity contribution >= 4 is 0 Å². The number of benzene rings is 1. The SMILES string of the molecule is CC(C)(C)c1ccc(C2CC(O)C2)cc1. The van der Waals surface area contributed by atoms with Crippen LogP contribution in [0.15, 0.2) is 24.3 Å². The van der Waals surface area contributed by atoms with Crippen molar-refractivity contribution in [1.82, 2.24) is 0 Å². The van der Waals surface area contributed by atoms with Crippen LogP contribution in [-0.4, -0.2) is 11.2 Å². The summed E-state index contributed by atoms with van der Waals surface area (Å²) in [5.41, 5.74) is 3.00. The van der Waals surface area contributed by atoms with Gasteiger partial charge in [0.1, 0.15) is 0 Å². The molecule has 1 nitrogen and oxygen atoms in total. The van der Waals surface area contributed by atoms with Crippen molar-refractivity contribution in [2.24, 2.45) is 0 Å². The fourth-order valence-electron chi connectivity index (χ4n) is 2.12. The Labute approximate surface area is 92.1 Å². The van der Waals surface area contributed by atoms with Gasteiger partial charge in [-0.15, -0.1) is 0 Å². The molecule has 1 aromatic rings. The van der Waals surface area contributed by atoms with E-state index < -0.39 is 0 Å². The minimum Gasteiger partial charge on any atom is -0.393 e. The van der Waals surface area contributed by atoms with Crippen molar-refractivity contribution in [3.63, 3.8) is 0 Å². The van der Waals surface area contributed by atoms with Crippen molar-refractivity contribution in [2.75, 3.05) is 0 Å². The fourth-order valence-corrected chi connectivity index (χ4v) is 2.12. The fraction of sp³-hybridized carbons (Fsp3) is 0.571. The van der Waals surface area contributed by atoms with Crippen molar-refractivity contribution in [1.29, 1.82) is 0 Å². The van der Waals surface area contributed by atoms with Crippen molar-refractivity contribution in [2.45, 2.75) is 51.0 Å². The average molecular weight is 204 g/mol. The van der Waals surface area contributed by atoms with Crippen molar-refractivity contribution < 1.29 is 5.11 Å². The van der Waals surface area contributed by atoms with Gasteiger partial charge in [-0.3, -0.25) is 0 Å². The van der Waals surface area contributed by atoms with Crippen LogP contribution < -0.4 is 0 Å².